The minimum Gasteiger partial charge on any atom is -0.320 e. The van der Waals surface area contributed by atoms with E-state index in [0.717, 1.165) is 19.3 Å². The monoisotopic (exact) mass is 244 g/mol. The minimum atomic E-state index is -0.825. The number of rotatable bonds is 6. The molecule has 0 bridgehead atoms. The Labute approximate surface area is 99.3 Å². The number of carbonyl (C=O) groups is 2. The standard InChI is InChI=1S/C10H16N2O3S/c1-3-4-5-6-7-9(13)12-15-10(14)11-8-16-2/h3,8H,1,4-7H2,2H3,(H,12,13). The average molecular weight is 244 g/mol. The van der Waals surface area contributed by atoms with Crippen LogP contribution in [0.3, 0.4) is 0 Å². The number of hydrogen-bond acceptors (Lipinski definition) is 4. The predicted octanol–water partition coefficient (Wildman–Crippen LogP) is 2.29. The number of aliphatic imine (C=N–C) groups is 1. The summed E-state index contributed by atoms with van der Waals surface area (Å²) in [4.78, 5) is 29.7. The van der Waals surface area contributed by atoms with Crippen LogP contribution in [0.15, 0.2) is 17.6 Å². The first kappa shape index (κ1) is 14.7. The average Bonchev–Trinajstić information content (AvgIpc) is 2.29. The molecule has 0 aliphatic rings. The Bertz CT molecular complexity index is 267. The molecule has 0 aromatic heterocycles. The smallest absolute Gasteiger partial charge is 0.320 e. The fourth-order valence-corrected chi connectivity index (χ4v) is 1.04. The number of nitrogens with one attached hydrogen (secondary N) is 1. The Morgan fingerprint density at radius 2 is 2.25 bits per heavy atom. The third-order valence-corrected chi connectivity index (χ3v) is 1.89. The van der Waals surface area contributed by atoms with Gasteiger partial charge in [0.05, 0.1) is 5.55 Å². The van der Waals surface area contributed by atoms with Crippen LogP contribution in [0.25, 0.3) is 0 Å². The summed E-state index contributed by atoms with van der Waals surface area (Å²) in [5.74, 6) is -0.322. The molecule has 90 valence electrons. The maximum absolute atomic E-state index is 11.1. The Morgan fingerprint density at radius 3 is 2.88 bits per heavy atom. The fraction of sp³-hybridized carbons (Fsp3) is 0.500. The number of allylic oxidation sites excluding steroid dienone is 1. The van der Waals surface area contributed by atoms with E-state index in [0.29, 0.717) is 6.42 Å². The lowest BCUT2D eigenvalue weighted by atomic mass is 10.2. The molecule has 0 heterocycles. The predicted molar refractivity (Wildman–Crippen MR) is 65.3 cm³/mol. The normalized spacial score (nSPS) is 10.1. The van der Waals surface area contributed by atoms with Gasteiger partial charge in [-0.2, -0.15) is 10.5 Å². The summed E-state index contributed by atoms with van der Waals surface area (Å²) in [7, 11) is 0. The van der Waals surface area contributed by atoms with Crippen LogP contribution in [0, 0.1) is 0 Å². The molecule has 0 fully saturated rings. The summed E-state index contributed by atoms with van der Waals surface area (Å²) >= 11 is 1.27. The second-order valence-corrected chi connectivity index (χ2v) is 3.58. The lowest BCUT2D eigenvalue weighted by Crippen LogP contribution is -2.25. The molecule has 0 rings (SSSR count). The molecule has 6 heteroatoms. The lowest BCUT2D eigenvalue weighted by Gasteiger charge is -2.02. The third kappa shape index (κ3) is 9.26. The van der Waals surface area contributed by atoms with Crippen molar-refractivity contribution in [2.75, 3.05) is 6.26 Å². The van der Waals surface area contributed by atoms with Crippen LogP contribution in [0.4, 0.5) is 4.79 Å². The first-order chi connectivity index (χ1) is 7.70. The van der Waals surface area contributed by atoms with Crippen molar-refractivity contribution in [2.24, 2.45) is 4.99 Å². The fourth-order valence-electron chi connectivity index (χ4n) is 0.848. The van der Waals surface area contributed by atoms with Crippen LogP contribution in [0.2, 0.25) is 0 Å². The van der Waals surface area contributed by atoms with E-state index in [1.54, 1.807) is 12.3 Å². The molecule has 0 aliphatic carbocycles. The quantitative estimate of drug-likeness (QED) is 0.256. The van der Waals surface area contributed by atoms with Crippen LogP contribution >= 0.6 is 11.8 Å². The van der Waals surface area contributed by atoms with Gasteiger partial charge in [0.1, 0.15) is 0 Å². The van der Waals surface area contributed by atoms with Gasteiger partial charge in [-0.25, -0.2) is 4.79 Å². The van der Waals surface area contributed by atoms with Crippen LogP contribution in [0.5, 0.6) is 0 Å². The van der Waals surface area contributed by atoms with Gasteiger partial charge in [-0.1, -0.05) is 6.08 Å². The van der Waals surface area contributed by atoms with Gasteiger partial charge in [0.2, 0.25) is 0 Å². The second kappa shape index (κ2) is 10.2. The van der Waals surface area contributed by atoms with Crippen molar-refractivity contribution in [1.82, 2.24) is 5.48 Å². The number of amides is 2. The van der Waals surface area contributed by atoms with E-state index in [4.69, 9.17) is 0 Å². The van der Waals surface area contributed by atoms with Gasteiger partial charge in [0.15, 0.2) is 0 Å². The van der Waals surface area contributed by atoms with Crippen molar-refractivity contribution in [2.45, 2.75) is 25.7 Å². The molecule has 1 N–H and O–H groups in total. The van der Waals surface area contributed by atoms with E-state index in [1.165, 1.54) is 17.3 Å². The molecule has 0 saturated heterocycles. The SMILES string of the molecule is C=CCCCCC(=O)NOC(=O)N=CSC. The van der Waals surface area contributed by atoms with E-state index in [9.17, 15) is 9.59 Å². The number of hydroxylamine groups is 1. The van der Waals surface area contributed by atoms with E-state index in [2.05, 4.69) is 16.4 Å². The summed E-state index contributed by atoms with van der Waals surface area (Å²) in [5.41, 5.74) is 3.36. The maximum Gasteiger partial charge on any atom is 0.458 e. The van der Waals surface area contributed by atoms with E-state index in [-0.39, 0.29) is 5.91 Å². The zero-order chi connectivity index (χ0) is 12.2. The molecular weight excluding hydrogens is 228 g/mol. The molecule has 16 heavy (non-hydrogen) atoms. The molecule has 0 aliphatic heterocycles. The van der Waals surface area contributed by atoms with Crippen molar-refractivity contribution in [1.29, 1.82) is 0 Å². The van der Waals surface area contributed by atoms with Gasteiger partial charge >= 0.3 is 6.09 Å². The van der Waals surface area contributed by atoms with Crippen LogP contribution in [0.1, 0.15) is 25.7 Å². The summed E-state index contributed by atoms with van der Waals surface area (Å²) in [6.07, 6.45) is 5.58. The zero-order valence-corrected chi connectivity index (χ0v) is 10.1. The van der Waals surface area contributed by atoms with Crippen LogP contribution in [-0.2, 0) is 9.63 Å². The molecule has 0 spiro atoms. The second-order valence-electron chi connectivity index (χ2n) is 2.90. The molecule has 2 amide bonds. The highest BCUT2D eigenvalue weighted by atomic mass is 32.2. The van der Waals surface area contributed by atoms with Gasteiger partial charge in [0, 0.05) is 6.42 Å². The van der Waals surface area contributed by atoms with E-state index in [1.807, 2.05) is 5.48 Å². The highest BCUT2D eigenvalue weighted by Gasteiger charge is 2.04. The zero-order valence-electron chi connectivity index (χ0n) is 9.27. The highest BCUT2D eigenvalue weighted by Crippen LogP contribution is 1.99. The molecule has 0 aromatic carbocycles. The highest BCUT2D eigenvalue weighted by molar-refractivity contribution is 8.11. The van der Waals surface area contributed by atoms with Crippen molar-refractivity contribution < 1.29 is 14.4 Å². The summed E-state index contributed by atoms with van der Waals surface area (Å²) in [6.45, 7) is 3.58. The summed E-state index contributed by atoms with van der Waals surface area (Å²) in [5, 5.41) is 0. The maximum atomic E-state index is 11.1. The molecule has 0 unspecified atom stereocenters. The van der Waals surface area contributed by atoms with E-state index >= 15 is 0 Å². The number of thioether (sulfide) groups is 1. The van der Waals surface area contributed by atoms with Crippen molar-refractivity contribution in [3.05, 3.63) is 12.7 Å². The number of nitrogens with zero attached hydrogens (tertiary/aromatic N) is 1. The van der Waals surface area contributed by atoms with Gasteiger partial charge in [-0.3, -0.25) is 4.79 Å². The molecular formula is C10H16N2O3S. The van der Waals surface area contributed by atoms with Crippen LogP contribution < -0.4 is 5.48 Å². The third-order valence-electron chi connectivity index (χ3n) is 1.58. The van der Waals surface area contributed by atoms with E-state index < -0.39 is 6.09 Å². The number of carbonyl (C=O) groups excluding carboxylic acids is 2. The summed E-state index contributed by atoms with van der Waals surface area (Å²) in [6, 6.07) is 0. The molecule has 0 aromatic rings. The lowest BCUT2D eigenvalue weighted by molar-refractivity contribution is -0.129. The Kier molecular flexibility index (Phi) is 9.39. The largest absolute Gasteiger partial charge is 0.458 e. The number of hydrogen-bond donors (Lipinski definition) is 1. The van der Waals surface area contributed by atoms with Crippen molar-refractivity contribution >= 4 is 29.3 Å². The summed E-state index contributed by atoms with van der Waals surface area (Å²) < 4.78 is 0. The van der Waals surface area contributed by atoms with Gasteiger partial charge < -0.3 is 4.84 Å². The van der Waals surface area contributed by atoms with Crippen molar-refractivity contribution in [3.63, 3.8) is 0 Å². The minimum absolute atomic E-state index is 0.322. The molecule has 5 nitrogen and oxygen atoms in total. The van der Waals surface area contributed by atoms with Gasteiger partial charge in [-0.15, -0.1) is 18.3 Å². The molecule has 0 saturated carbocycles. The number of unbranched alkanes of at least 4 members (excludes halogenated alkanes) is 2. The van der Waals surface area contributed by atoms with Gasteiger partial charge in [0.25, 0.3) is 5.91 Å². The van der Waals surface area contributed by atoms with Crippen LogP contribution in [-0.4, -0.2) is 23.8 Å². The molecule has 0 atom stereocenters. The molecule has 0 radical (unpaired) electrons. The first-order valence-corrected chi connectivity index (χ1v) is 6.15. The van der Waals surface area contributed by atoms with Crippen molar-refractivity contribution in [3.8, 4) is 0 Å². The Morgan fingerprint density at radius 1 is 1.50 bits per heavy atom. The first-order valence-electron chi connectivity index (χ1n) is 4.86. The Balaban J connectivity index is 3.53. The Hall–Kier alpha value is -1.30. The van der Waals surface area contributed by atoms with Gasteiger partial charge in [-0.05, 0) is 25.5 Å². The topological polar surface area (TPSA) is 67.8 Å².